The fraction of sp³-hybridized carbons (Fsp3) is 0.250. The molecule has 0 aromatic heterocycles. The quantitative estimate of drug-likeness (QED) is 0.867. The summed E-state index contributed by atoms with van der Waals surface area (Å²) in [6.07, 6.45) is 1.41. The van der Waals surface area contributed by atoms with Crippen LogP contribution in [-0.4, -0.2) is 19.3 Å². The van der Waals surface area contributed by atoms with Crippen molar-refractivity contribution in [1.82, 2.24) is 4.31 Å². The van der Waals surface area contributed by atoms with Crippen molar-refractivity contribution in [1.29, 1.82) is 0 Å². The van der Waals surface area contributed by atoms with E-state index in [1.165, 1.54) is 4.31 Å². The zero-order valence-electron chi connectivity index (χ0n) is 11.7. The lowest BCUT2D eigenvalue weighted by atomic mass is 10.1. The average Bonchev–Trinajstić information content (AvgIpc) is 2.97. The molecule has 0 saturated carbocycles. The largest absolute Gasteiger partial charge is 0.243 e. The van der Waals surface area contributed by atoms with E-state index in [0.717, 1.165) is 24.1 Å². The van der Waals surface area contributed by atoms with Gasteiger partial charge in [0.25, 0.3) is 0 Å². The summed E-state index contributed by atoms with van der Waals surface area (Å²) in [6, 6.07) is 11.4. The molecule has 3 rings (SSSR count). The SMILES string of the molecule is O=S(=O)(c1cc(F)cc(F)c1)N1CCCC1c1ccccc1. The van der Waals surface area contributed by atoms with Gasteiger partial charge in [-0.15, -0.1) is 0 Å². The van der Waals surface area contributed by atoms with Gasteiger partial charge < -0.3 is 0 Å². The molecule has 116 valence electrons. The Balaban J connectivity index is 2.01. The zero-order valence-corrected chi connectivity index (χ0v) is 12.6. The Labute approximate surface area is 128 Å². The number of rotatable bonds is 3. The minimum Gasteiger partial charge on any atom is -0.207 e. The zero-order chi connectivity index (χ0) is 15.7. The van der Waals surface area contributed by atoms with Crippen LogP contribution in [0.25, 0.3) is 0 Å². The molecule has 1 unspecified atom stereocenters. The molecular weight excluding hydrogens is 308 g/mol. The van der Waals surface area contributed by atoms with Crippen LogP contribution in [-0.2, 0) is 10.0 Å². The molecule has 0 amide bonds. The third-order valence-electron chi connectivity index (χ3n) is 3.83. The maximum absolute atomic E-state index is 13.3. The minimum absolute atomic E-state index is 0.294. The highest BCUT2D eigenvalue weighted by atomic mass is 32.2. The standard InChI is InChI=1S/C16H15F2NO2S/c17-13-9-14(18)11-15(10-13)22(20,21)19-8-4-7-16(19)12-5-2-1-3-6-12/h1-3,5-6,9-11,16H,4,7-8H2. The second kappa shape index (κ2) is 5.78. The molecule has 22 heavy (non-hydrogen) atoms. The van der Waals surface area contributed by atoms with Gasteiger partial charge in [0.05, 0.1) is 10.9 Å². The lowest BCUT2D eigenvalue weighted by Crippen LogP contribution is -2.30. The van der Waals surface area contributed by atoms with Crippen molar-refractivity contribution < 1.29 is 17.2 Å². The summed E-state index contributed by atoms with van der Waals surface area (Å²) in [7, 11) is -3.93. The van der Waals surface area contributed by atoms with Crippen molar-refractivity contribution in [3.05, 3.63) is 65.7 Å². The van der Waals surface area contributed by atoms with Crippen molar-refractivity contribution >= 4 is 10.0 Å². The number of nitrogens with zero attached hydrogens (tertiary/aromatic N) is 1. The fourth-order valence-corrected chi connectivity index (χ4v) is 4.57. The summed E-state index contributed by atoms with van der Waals surface area (Å²) in [5.74, 6) is -1.79. The van der Waals surface area contributed by atoms with E-state index in [9.17, 15) is 17.2 Å². The second-order valence-electron chi connectivity index (χ2n) is 5.29. The first-order valence-corrected chi connectivity index (χ1v) is 8.45. The minimum atomic E-state index is -3.93. The summed E-state index contributed by atoms with van der Waals surface area (Å²) in [6.45, 7) is 0.347. The van der Waals surface area contributed by atoms with Crippen molar-refractivity contribution in [2.24, 2.45) is 0 Å². The molecule has 0 spiro atoms. The molecular formula is C16H15F2NO2S. The van der Waals surface area contributed by atoms with Gasteiger partial charge >= 0.3 is 0 Å². The van der Waals surface area contributed by atoms with Crippen molar-refractivity contribution in [2.75, 3.05) is 6.54 Å². The summed E-state index contributed by atoms with van der Waals surface area (Å²) in [5, 5.41) is 0. The Bertz CT molecular complexity index is 758. The molecule has 1 atom stereocenters. The van der Waals surface area contributed by atoms with E-state index >= 15 is 0 Å². The molecule has 0 N–H and O–H groups in total. The third kappa shape index (κ3) is 2.76. The number of hydrogen-bond donors (Lipinski definition) is 0. The smallest absolute Gasteiger partial charge is 0.207 e. The molecule has 6 heteroatoms. The molecule has 1 saturated heterocycles. The van der Waals surface area contributed by atoms with Crippen LogP contribution in [0.15, 0.2) is 53.4 Å². The number of sulfonamides is 1. The number of benzene rings is 2. The first-order chi connectivity index (χ1) is 10.5. The first-order valence-electron chi connectivity index (χ1n) is 7.01. The Hall–Kier alpha value is -1.79. The van der Waals surface area contributed by atoms with E-state index in [0.29, 0.717) is 19.0 Å². The molecule has 0 bridgehead atoms. The van der Waals surface area contributed by atoms with E-state index in [4.69, 9.17) is 0 Å². The van der Waals surface area contributed by atoms with Crippen LogP contribution in [0.3, 0.4) is 0 Å². The highest BCUT2D eigenvalue weighted by Gasteiger charge is 2.36. The lowest BCUT2D eigenvalue weighted by molar-refractivity contribution is 0.396. The van der Waals surface area contributed by atoms with Crippen LogP contribution in [0.1, 0.15) is 24.4 Å². The predicted molar refractivity (Wildman–Crippen MR) is 78.7 cm³/mol. The Morgan fingerprint density at radius 1 is 1.00 bits per heavy atom. The second-order valence-corrected chi connectivity index (χ2v) is 7.18. The van der Waals surface area contributed by atoms with Gasteiger partial charge in [-0.2, -0.15) is 4.31 Å². The van der Waals surface area contributed by atoms with Gasteiger partial charge in [-0.3, -0.25) is 0 Å². The molecule has 1 aliphatic heterocycles. The molecule has 0 radical (unpaired) electrons. The third-order valence-corrected chi connectivity index (χ3v) is 5.72. The molecule has 3 nitrogen and oxygen atoms in total. The topological polar surface area (TPSA) is 37.4 Å². The highest BCUT2D eigenvalue weighted by Crippen LogP contribution is 2.36. The highest BCUT2D eigenvalue weighted by molar-refractivity contribution is 7.89. The van der Waals surface area contributed by atoms with Gasteiger partial charge in [-0.05, 0) is 30.5 Å². The van der Waals surface area contributed by atoms with Gasteiger partial charge in [-0.25, -0.2) is 17.2 Å². The van der Waals surface area contributed by atoms with E-state index < -0.39 is 21.7 Å². The van der Waals surface area contributed by atoms with Crippen LogP contribution >= 0.6 is 0 Å². The summed E-state index contributed by atoms with van der Waals surface area (Å²) < 4.78 is 53.4. The summed E-state index contributed by atoms with van der Waals surface area (Å²) in [5.41, 5.74) is 0.889. The maximum Gasteiger partial charge on any atom is 0.243 e. The lowest BCUT2D eigenvalue weighted by Gasteiger charge is -2.24. The van der Waals surface area contributed by atoms with E-state index in [1.54, 1.807) is 0 Å². The molecule has 1 aliphatic rings. The molecule has 2 aromatic carbocycles. The van der Waals surface area contributed by atoms with Crippen LogP contribution in [0.5, 0.6) is 0 Å². The number of hydrogen-bond acceptors (Lipinski definition) is 2. The Kier molecular flexibility index (Phi) is 3.97. The normalized spacial score (nSPS) is 19.5. The van der Waals surface area contributed by atoms with Crippen molar-refractivity contribution in [2.45, 2.75) is 23.8 Å². The Morgan fingerprint density at radius 3 is 2.27 bits per heavy atom. The van der Waals surface area contributed by atoms with Gasteiger partial charge in [0.15, 0.2) is 0 Å². The summed E-state index contributed by atoms with van der Waals surface area (Å²) in [4.78, 5) is -0.340. The van der Waals surface area contributed by atoms with Crippen LogP contribution in [0.2, 0.25) is 0 Å². The van der Waals surface area contributed by atoms with E-state index in [1.807, 2.05) is 30.3 Å². The molecule has 1 heterocycles. The maximum atomic E-state index is 13.3. The van der Waals surface area contributed by atoms with E-state index in [2.05, 4.69) is 0 Å². The monoisotopic (exact) mass is 323 g/mol. The predicted octanol–water partition coefficient (Wildman–Crippen LogP) is 3.49. The van der Waals surface area contributed by atoms with Crippen LogP contribution in [0.4, 0.5) is 8.78 Å². The molecule has 0 aliphatic carbocycles. The van der Waals surface area contributed by atoms with Crippen LogP contribution < -0.4 is 0 Å². The summed E-state index contributed by atoms with van der Waals surface area (Å²) >= 11 is 0. The van der Waals surface area contributed by atoms with Gasteiger partial charge in [0.1, 0.15) is 11.6 Å². The average molecular weight is 323 g/mol. The first kappa shape index (κ1) is 15.1. The van der Waals surface area contributed by atoms with Crippen molar-refractivity contribution in [3.8, 4) is 0 Å². The van der Waals surface area contributed by atoms with Gasteiger partial charge in [-0.1, -0.05) is 30.3 Å². The van der Waals surface area contributed by atoms with Gasteiger partial charge in [0, 0.05) is 12.6 Å². The fourth-order valence-electron chi connectivity index (χ4n) is 2.85. The number of halogens is 2. The van der Waals surface area contributed by atoms with Crippen molar-refractivity contribution in [3.63, 3.8) is 0 Å². The molecule has 1 fully saturated rings. The van der Waals surface area contributed by atoms with Gasteiger partial charge in [0.2, 0.25) is 10.0 Å². The van der Waals surface area contributed by atoms with Crippen LogP contribution in [0, 0.1) is 11.6 Å². The Morgan fingerprint density at radius 2 is 1.64 bits per heavy atom. The van der Waals surface area contributed by atoms with E-state index in [-0.39, 0.29) is 10.9 Å². The molecule has 2 aromatic rings.